The van der Waals surface area contributed by atoms with Crippen molar-refractivity contribution < 1.29 is 8.42 Å². The molecule has 1 aromatic carbocycles. The molecule has 0 aliphatic carbocycles. The minimum Gasteiger partial charge on any atom is -0.349 e. The molecule has 0 fully saturated rings. The van der Waals surface area contributed by atoms with Gasteiger partial charge in [-0.3, -0.25) is 0 Å². The largest absolute Gasteiger partial charge is 0.349 e. The van der Waals surface area contributed by atoms with E-state index in [1.165, 1.54) is 0 Å². The SMILES string of the molecule is CCn1cc(S(=O)(=O)NCc2ccccc2C)cc1CN. The van der Waals surface area contributed by atoms with Gasteiger partial charge in [0.15, 0.2) is 0 Å². The van der Waals surface area contributed by atoms with E-state index in [0.29, 0.717) is 13.1 Å². The molecule has 0 radical (unpaired) electrons. The van der Waals surface area contributed by atoms with Gasteiger partial charge in [-0.05, 0) is 31.0 Å². The van der Waals surface area contributed by atoms with Gasteiger partial charge in [0.25, 0.3) is 0 Å². The maximum atomic E-state index is 12.3. The molecule has 1 aromatic heterocycles. The van der Waals surface area contributed by atoms with E-state index in [4.69, 9.17) is 5.73 Å². The van der Waals surface area contributed by atoms with Crippen LogP contribution in [0.4, 0.5) is 0 Å². The zero-order chi connectivity index (χ0) is 15.5. The third-order valence-corrected chi connectivity index (χ3v) is 4.90. The van der Waals surface area contributed by atoms with Crippen LogP contribution in [0.5, 0.6) is 0 Å². The van der Waals surface area contributed by atoms with Crippen molar-refractivity contribution in [2.24, 2.45) is 5.73 Å². The van der Waals surface area contributed by atoms with Crippen LogP contribution in [-0.4, -0.2) is 13.0 Å². The highest BCUT2D eigenvalue weighted by Gasteiger charge is 2.17. The van der Waals surface area contributed by atoms with Gasteiger partial charge in [0, 0.05) is 31.5 Å². The third-order valence-electron chi connectivity index (χ3n) is 3.53. The Kier molecular flexibility index (Phi) is 4.82. The Balaban J connectivity index is 2.19. The number of hydrogen-bond acceptors (Lipinski definition) is 3. The average Bonchev–Trinajstić information content (AvgIpc) is 2.90. The lowest BCUT2D eigenvalue weighted by atomic mass is 10.1. The highest BCUT2D eigenvalue weighted by Crippen LogP contribution is 2.15. The van der Waals surface area contributed by atoms with Gasteiger partial charge in [-0.15, -0.1) is 0 Å². The minimum absolute atomic E-state index is 0.262. The molecule has 0 atom stereocenters. The van der Waals surface area contributed by atoms with Gasteiger partial charge >= 0.3 is 0 Å². The number of nitrogens with two attached hydrogens (primary N) is 1. The first kappa shape index (κ1) is 15.8. The normalized spacial score (nSPS) is 11.8. The maximum Gasteiger partial charge on any atom is 0.242 e. The van der Waals surface area contributed by atoms with Gasteiger partial charge in [0.1, 0.15) is 0 Å². The van der Waals surface area contributed by atoms with Crippen LogP contribution in [0.1, 0.15) is 23.7 Å². The van der Waals surface area contributed by atoms with Crippen molar-refractivity contribution in [1.82, 2.24) is 9.29 Å². The average molecular weight is 307 g/mol. The molecule has 0 aliphatic rings. The summed E-state index contributed by atoms with van der Waals surface area (Å²) < 4.78 is 29.2. The Morgan fingerprint density at radius 2 is 2.00 bits per heavy atom. The van der Waals surface area contributed by atoms with E-state index in [2.05, 4.69) is 4.72 Å². The van der Waals surface area contributed by atoms with E-state index < -0.39 is 10.0 Å². The maximum absolute atomic E-state index is 12.3. The fraction of sp³-hybridized carbons (Fsp3) is 0.333. The zero-order valence-electron chi connectivity index (χ0n) is 12.3. The van der Waals surface area contributed by atoms with Gasteiger partial charge in [-0.1, -0.05) is 24.3 Å². The molecule has 0 saturated carbocycles. The lowest BCUT2D eigenvalue weighted by Crippen LogP contribution is -2.23. The van der Waals surface area contributed by atoms with Crippen LogP contribution >= 0.6 is 0 Å². The Labute approximate surface area is 125 Å². The molecule has 0 unspecified atom stereocenters. The quantitative estimate of drug-likeness (QED) is 0.853. The fourth-order valence-corrected chi connectivity index (χ4v) is 3.27. The van der Waals surface area contributed by atoms with Crippen molar-refractivity contribution in [3.8, 4) is 0 Å². The number of hydrogen-bond donors (Lipinski definition) is 2. The summed E-state index contributed by atoms with van der Waals surface area (Å²) in [6, 6.07) is 9.34. The van der Waals surface area contributed by atoms with Gasteiger partial charge in [-0.2, -0.15) is 0 Å². The standard InChI is InChI=1S/C15H21N3O2S/c1-3-18-11-15(8-14(18)9-16)21(19,20)17-10-13-7-5-4-6-12(13)2/h4-8,11,17H,3,9-10,16H2,1-2H3. The lowest BCUT2D eigenvalue weighted by molar-refractivity contribution is 0.580. The number of sulfonamides is 1. The third kappa shape index (κ3) is 3.53. The van der Waals surface area contributed by atoms with Crippen LogP contribution in [0.3, 0.4) is 0 Å². The van der Waals surface area contributed by atoms with Gasteiger partial charge in [-0.25, -0.2) is 13.1 Å². The molecule has 5 nitrogen and oxygen atoms in total. The molecule has 0 saturated heterocycles. The molecule has 21 heavy (non-hydrogen) atoms. The number of nitrogens with zero attached hydrogens (tertiary/aromatic N) is 1. The summed E-state index contributed by atoms with van der Waals surface area (Å²) in [5, 5.41) is 0. The molecular formula is C15H21N3O2S. The predicted octanol–water partition coefficient (Wildman–Crippen LogP) is 1.75. The molecule has 0 amide bonds. The van der Waals surface area contributed by atoms with E-state index in [9.17, 15) is 8.42 Å². The summed E-state index contributed by atoms with van der Waals surface area (Å²) in [6.07, 6.45) is 1.63. The molecule has 2 rings (SSSR count). The number of nitrogens with one attached hydrogen (secondary N) is 1. The second kappa shape index (κ2) is 6.43. The smallest absolute Gasteiger partial charge is 0.242 e. The summed E-state index contributed by atoms with van der Waals surface area (Å²) in [4.78, 5) is 0.262. The molecule has 1 heterocycles. The Morgan fingerprint density at radius 1 is 1.29 bits per heavy atom. The molecule has 0 spiro atoms. The summed E-state index contributed by atoms with van der Waals surface area (Å²) in [5.41, 5.74) is 8.48. The molecule has 6 heteroatoms. The van der Waals surface area contributed by atoms with Gasteiger partial charge in [0.2, 0.25) is 10.0 Å². The minimum atomic E-state index is -3.52. The van der Waals surface area contributed by atoms with Crippen molar-refractivity contribution in [3.63, 3.8) is 0 Å². The summed E-state index contributed by atoms with van der Waals surface area (Å²) in [6.45, 7) is 5.21. The molecular weight excluding hydrogens is 286 g/mol. The van der Waals surface area contributed by atoms with Gasteiger partial charge < -0.3 is 10.3 Å². The zero-order valence-corrected chi connectivity index (χ0v) is 13.2. The Bertz CT molecular complexity index is 699. The molecule has 0 aliphatic heterocycles. The second-order valence-corrected chi connectivity index (χ2v) is 6.68. The van der Waals surface area contributed by atoms with Crippen LogP contribution in [0, 0.1) is 6.92 Å². The fourth-order valence-electron chi connectivity index (χ4n) is 2.20. The van der Waals surface area contributed by atoms with Crippen LogP contribution in [0.2, 0.25) is 0 Å². The highest BCUT2D eigenvalue weighted by atomic mass is 32.2. The number of aromatic nitrogens is 1. The number of benzene rings is 1. The molecule has 114 valence electrons. The van der Waals surface area contributed by atoms with Crippen molar-refractivity contribution in [2.75, 3.05) is 0 Å². The van der Waals surface area contributed by atoms with Crippen LogP contribution in [0.25, 0.3) is 0 Å². The van der Waals surface area contributed by atoms with Crippen molar-refractivity contribution in [2.45, 2.75) is 38.4 Å². The second-order valence-electron chi connectivity index (χ2n) is 4.91. The van der Waals surface area contributed by atoms with Gasteiger partial charge in [0.05, 0.1) is 4.90 Å². The van der Waals surface area contributed by atoms with Crippen LogP contribution < -0.4 is 10.5 Å². The molecule has 2 aromatic rings. The molecule has 3 N–H and O–H groups in total. The van der Waals surface area contributed by atoms with E-state index in [-0.39, 0.29) is 11.4 Å². The Hall–Kier alpha value is -1.63. The number of rotatable bonds is 6. The first-order valence-corrected chi connectivity index (χ1v) is 8.39. The van der Waals surface area contributed by atoms with E-state index >= 15 is 0 Å². The Morgan fingerprint density at radius 3 is 2.57 bits per heavy atom. The first-order valence-electron chi connectivity index (χ1n) is 6.91. The van der Waals surface area contributed by atoms with E-state index in [1.807, 2.05) is 42.7 Å². The lowest BCUT2D eigenvalue weighted by Gasteiger charge is -2.07. The van der Waals surface area contributed by atoms with Crippen molar-refractivity contribution >= 4 is 10.0 Å². The topological polar surface area (TPSA) is 77.1 Å². The van der Waals surface area contributed by atoms with Crippen molar-refractivity contribution in [3.05, 3.63) is 53.3 Å². The highest BCUT2D eigenvalue weighted by molar-refractivity contribution is 7.89. The van der Waals surface area contributed by atoms with Crippen LogP contribution in [-0.2, 0) is 29.7 Å². The first-order chi connectivity index (χ1) is 9.97. The predicted molar refractivity (Wildman–Crippen MR) is 83.2 cm³/mol. The summed E-state index contributed by atoms with van der Waals surface area (Å²) in [5.74, 6) is 0. The van der Waals surface area contributed by atoms with E-state index in [0.717, 1.165) is 16.8 Å². The number of aryl methyl sites for hydroxylation is 2. The van der Waals surface area contributed by atoms with Crippen LogP contribution in [0.15, 0.2) is 41.4 Å². The monoisotopic (exact) mass is 307 g/mol. The van der Waals surface area contributed by atoms with Crippen molar-refractivity contribution in [1.29, 1.82) is 0 Å². The summed E-state index contributed by atoms with van der Waals surface area (Å²) in [7, 11) is -3.52. The van der Waals surface area contributed by atoms with E-state index in [1.54, 1.807) is 12.3 Å². The molecule has 0 bridgehead atoms. The summed E-state index contributed by atoms with van der Waals surface area (Å²) >= 11 is 0.